The number of nitrogens with one attached hydrogen (secondary N) is 1. The molecule has 0 aliphatic heterocycles. The maximum absolute atomic E-state index is 11.7. The third-order valence-electron chi connectivity index (χ3n) is 2.65. The number of carbonyl (C=O) groups excluding carboxylic acids is 1. The van der Waals surface area contributed by atoms with E-state index in [2.05, 4.69) is 12.2 Å². The van der Waals surface area contributed by atoms with Crippen LogP contribution in [0.3, 0.4) is 0 Å². The number of methoxy groups -OCH3 is 1. The van der Waals surface area contributed by atoms with Crippen LogP contribution >= 0.6 is 0 Å². The molecule has 0 fully saturated rings. The summed E-state index contributed by atoms with van der Waals surface area (Å²) in [7, 11) is 3.16. The van der Waals surface area contributed by atoms with E-state index in [0.717, 1.165) is 19.3 Å². The largest absolute Gasteiger partial charge is 0.480 e. The predicted octanol–water partition coefficient (Wildman–Crippen LogP) is 1.31. The number of rotatable bonds is 9. The first-order valence-corrected chi connectivity index (χ1v) is 6.26. The number of carboxylic acids is 1. The van der Waals surface area contributed by atoms with Crippen molar-refractivity contribution >= 4 is 12.0 Å². The standard InChI is InChI=1S/C12H24N2O4/c1-4-5-6-8-14(2)12(17)13-10(11(15)16)7-9-18-3/h10H,4-9H2,1-3H3,(H,13,17)(H,15,16). The molecule has 1 unspecified atom stereocenters. The minimum atomic E-state index is -1.04. The van der Waals surface area contributed by atoms with Gasteiger partial charge in [-0.2, -0.15) is 0 Å². The van der Waals surface area contributed by atoms with Crippen LogP contribution in [-0.2, 0) is 9.53 Å². The second-order valence-corrected chi connectivity index (χ2v) is 4.25. The molecule has 0 bridgehead atoms. The Morgan fingerprint density at radius 3 is 2.56 bits per heavy atom. The number of amides is 2. The fourth-order valence-corrected chi connectivity index (χ4v) is 1.45. The Morgan fingerprint density at radius 1 is 1.39 bits per heavy atom. The maximum Gasteiger partial charge on any atom is 0.326 e. The van der Waals surface area contributed by atoms with Crippen LogP contribution in [0.2, 0.25) is 0 Å². The minimum absolute atomic E-state index is 0.264. The Kier molecular flexibility index (Phi) is 9.00. The summed E-state index contributed by atoms with van der Waals surface area (Å²) in [6, 6.07) is -1.25. The van der Waals surface area contributed by atoms with E-state index in [1.54, 1.807) is 7.05 Å². The van der Waals surface area contributed by atoms with Crippen LogP contribution in [0.25, 0.3) is 0 Å². The number of ether oxygens (including phenoxy) is 1. The average molecular weight is 260 g/mol. The third-order valence-corrected chi connectivity index (χ3v) is 2.65. The predicted molar refractivity (Wildman–Crippen MR) is 68.6 cm³/mol. The fourth-order valence-electron chi connectivity index (χ4n) is 1.45. The van der Waals surface area contributed by atoms with Gasteiger partial charge in [0.15, 0.2) is 0 Å². The van der Waals surface area contributed by atoms with Crippen LogP contribution in [0, 0.1) is 0 Å². The van der Waals surface area contributed by atoms with E-state index < -0.39 is 12.0 Å². The summed E-state index contributed by atoms with van der Waals surface area (Å²) in [4.78, 5) is 24.2. The van der Waals surface area contributed by atoms with Crippen molar-refractivity contribution in [3.8, 4) is 0 Å². The summed E-state index contributed by atoms with van der Waals surface area (Å²) in [6.07, 6.45) is 3.33. The van der Waals surface area contributed by atoms with Gasteiger partial charge in [-0.15, -0.1) is 0 Å². The van der Waals surface area contributed by atoms with Crippen molar-refractivity contribution in [1.29, 1.82) is 0 Å². The summed E-state index contributed by atoms with van der Waals surface area (Å²) in [5.41, 5.74) is 0. The van der Waals surface area contributed by atoms with Crippen LogP contribution in [0.1, 0.15) is 32.6 Å². The number of nitrogens with zero attached hydrogens (tertiary/aromatic N) is 1. The van der Waals surface area contributed by atoms with Gasteiger partial charge in [-0.3, -0.25) is 0 Å². The SMILES string of the molecule is CCCCCN(C)C(=O)NC(CCOC)C(=O)O. The third kappa shape index (κ3) is 7.11. The van der Waals surface area contributed by atoms with Crippen LogP contribution in [0.15, 0.2) is 0 Å². The molecule has 0 aromatic heterocycles. The Balaban J connectivity index is 4.10. The van der Waals surface area contributed by atoms with Gasteiger partial charge in [-0.05, 0) is 6.42 Å². The molecule has 0 heterocycles. The molecular weight excluding hydrogens is 236 g/mol. The second kappa shape index (κ2) is 9.70. The average Bonchev–Trinajstić information content (AvgIpc) is 2.33. The van der Waals surface area contributed by atoms with Gasteiger partial charge in [-0.1, -0.05) is 19.8 Å². The molecular formula is C12H24N2O4. The molecule has 0 saturated carbocycles. The maximum atomic E-state index is 11.7. The van der Waals surface area contributed by atoms with Crippen molar-refractivity contribution in [3.63, 3.8) is 0 Å². The van der Waals surface area contributed by atoms with Crippen LogP contribution < -0.4 is 5.32 Å². The molecule has 18 heavy (non-hydrogen) atoms. The lowest BCUT2D eigenvalue weighted by molar-refractivity contribution is -0.139. The summed E-state index contributed by atoms with van der Waals surface area (Å²) in [6.45, 7) is 3.03. The zero-order valence-electron chi connectivity index (χ0n) is 11.4. The molecule has 0 aliphatic rings. The fraction of sp³-hybridized carbons (Fsp3) is 0.833. The van der Waals surface area contributed by atoms with E-state index in [0.29, 0.717) is 13.2 Å². The van der Waals surface area contributed by atoms with Gasteiger partial charge in [0.1, 0.15) is 6.04 Å². The Bertz CT molecular complexity index is 258. The van der Waals surface area contributed by atoms with Gasteiger partial charge < -0.3 is 20.1 Å². The molecule has 0 rings (SSSR count). The van der Waals surface area contributed by atoms with E-state index >= 15 is 0 Å². The van der Waals surface area contributed by atoms with E-state index in [1.807, 2.05) is 0 Å². The van der Waals surface area contributed by atoms with Crippen molar-refractivity contribution in [2.45, 2.75) is 38.6 Å². The lowest BCUT2D eigenvalue weighted by Crippen LogP contribution is -2.47. The molecule has 0 aromatic rings. The Hall–Kier alpha value is -1.30. The van der Waals surface area contributed by atoms with Gasteiger partial charge >= 0.3 is 12.0 Å². The lowest BCUT2D eigenvalue weighted by atomic mass is 10.2. The quantitative estimate of drug-likeness (QED) is 0.613. The molecule has 2 N–H and O–H groups in total. The molecule has 2 amide bonds. The van der Waals surface area contributed by atoms with E-state index in [9.17, 15) is 9.59 Å². The molecule has 1 atom stereocenters. The van der Waals surface area contributed by atoms with Crippen molar-refractivity contribution in [3.05, 3.63) is 0 Å². The molecule has 6 heteroatoms. The number of urea groups is 1. The van der Waals surface area contributed by atoms with E-state index in [4.69, 9.17) is 9.84 Å². The lowest BCUT2D eigenvalue weighted by Gasteiger charge is -2.21. The summed E-state index contributed by atoms with van der Waals surface area (Å²) in [5, 5.41) is 11.4. The highest BCUT2D eigenvalue weighted by atomic mass is 16.5. The minimum Gasteiger partial charge on any atom is -0.480 e. The number of hydrogen-bond acceptors (Lipinski definition) is 3. The number of unbranched alkanes of at least 4 members (excludes halogenated alkanes) is 2. The summed E-state index contributed by atoms with van der Waals surface area (Å²) < 4.78 is 4.82. The van der Waals surface area contributed by atoms with Gasteiger partial charge in [-0.25, -0.2) is 9.59 Å². The number of carbonyl (C=O) groups is 2. The highest BCUT2D eigenvalue weighted by Crippen LogP contribution is 1.99. The monoisotopic (exact) mass is 260 g/mol. The smallest absolute Gasteiger partial charge is 0.326 e. The molecule has 0 radical (unpaired) electrons. The first-order valence-electron chi connectivity index (χ1n) is 6.26. The van der Waals surface area contributed by atoms with Gasteiger partial charge in [0.25, 0.3) is 0 Å². The highest BCUT2D eigenvalue weighted by molar-refractivity contribution is 5.82. The van der Waals surface area contributed by atoms with Crippen LogP contribution in [0.5, 0.6) is 0 Å². The topological polar surface area (TPSA) is 78.9 Å². The number of carboxylic acid groups (broad SMARTS) is 1. The Labute approximate surface area is 108 Å². The van der Waals surface area contributed by atoms with Gasteiger partial charge in [0, 0.05) is 33.7 Å². The van der Waals surface area contributed by atoms with Crippen molar-refractivity contribution < 1.29 is 19.4 Å². The molecule has 106 valence electrons. The van der Waals surface area contributed by atoms with Gasteiger partial charge in [0.2, 0.25) is 0 Å². The first-order chi connectivity index (χ1) is 8.52. The molecule has 0 spiro atoms. The first kappa shape index (κ1) is 16.7. The summed E-state index contributed by atoms with van der Waals surface area (Å²) >= 11 is 0. The number of hydrogen-bond donors (Lipinski definition) is 2. The molecule has 6 nitrogen and oxygen atoms in total. The van der Waals surface area contributed by atoms with Crippen LogP contribution in [-0.4, -0.2) is 55.4 Å². The zero-order chi connectivity index (χ0) is 14.0. The summed E-state index contributed by atoms with van der Waals surface area (Å²) in [5.74, 6) is -1.04. The molecule has 0 aromatic carbocycles. The van der Waals surface area contributed by atoms with Crippen molar-refractivity contribution in [2.75, 3.05) is 27.3 Å². The van der Waals surface area contributed by atoms with Crippen LogP contribution in [0.4, 0.5) is 4.79 Å². The van der Waals surface area contributed by atoms with Gasteiger partial charge in [0.05, 0.1) is 0 Å². The highest BCUT2D eigenvalue weighted by Gasteiger charge is 2.21. The van der Waals surface area contributed by atoms with Crippen molar-refractivity contribution in [2.24, 2.45) is 0 Å². The molecule has 0 aliphatic carbocycles. The zero-order valence-corrected chi connectivity index (χ0v) is 11.4. The molecule has 0 saturated heterocycles. The van der Waals surface area contributed by atoms with Crippen molar-refractivity contribution in [1.82, 2.24) is 10.2 Å². The van der Waals surface area contributed by atoms with E-state index in [1.165, 1.54) is 12.0 Å². The Morgan fingerprint density at radius 2 is 2.06 bits per heavy atom. The second-order valence-electron chi connectivity index (χ2n) is 4.25. The normalized spacial score (nSPS) is 11.9. The number of aliphatic carboxylic acids is 1. The van der Waals surface area contributed by atoms with E-state index in [-0.39, 0.29) is 12.5 Å².